The van der Waals surface area contributed by atoms with E-state index in [1.165, 1.54) is 23.3 Å². The van der Waals surface area contributed by atoms with E-state index in [-0.39, 0.29) is 5.91 Å². The summed E-state index contributed by atoms with van der Waals surface area (Å²) in [5.74, 6) is 0.874. The second-order valence-corrected chi connectivity index (χ2v) is 10.3. The molecule has 5 nitrogen and oxygen atoms in total. The molecule has 1 saturated carbocycles. The van der Waals surface area contributed by atoms with Crippen molar-refractivity contribution in [3.8, 4) is 0 Å². The number of pyridine rings is 1. The van der Waals surface area contributed by atoms with Crippen LogP contribution in [0.3, 0.4) is 0 Å². The van der Waals surface area contributed by atoms with Crippen molar-refractivity contribution >= 4 is 17.3 Å². The van der Waals surface area contributed by atoms with Gasteiger partial charge in [0.05, 0.1) is 5.92 Å². The first-order chi connectivity index (χ1) is 16.4. The maximum Gasteiger partial charge on any atom is 0.236 e. The van der Waals surface area contributed by atoms with Crippen LogP contribution in [0, 0.1) is 5.41 Å². The molecular weight excluding hydrogens is 422 g/mol. The summed E-state index contributed by atoms with van der Waals surface area (Å²) in [5, 5.41) is 18.4. The van der Waals surface area contributed by atoms with Crippen molar-refractivity contribution in [3.63, 3.8) is 0 Å². The maximum atomic E-state index is 13.9. The number of likely N-dealkylation sites (N-methyl/N-ethyl adjacent to an activating group) is 1. The zero-order chi connectivity index (χ0) is 23.9. The maximum absolute atomic E-state index is 13.9. The highest BCUT2D eigenvalue weighted by Crippen LogP contribution is 2.46. The Bertz CT molecular complexity index is 1180. The highest BCUT2D eigenvalue weighted by Gasteiger charge is 2.45. The number of carbonyl (C=O) groups excluding carboxylic acids is 1. The highest BCUT2D eigenvalue weighted by atomic mass is 16.3. The largest absolute Gasteiger partial charge is 0.508 e. The molecule has 2 atom stereocenters. The van der Waals surface area contributed by atoms with Crippen molar-refractivity contribution in [1.82, 2.24) is 9.88 Å². The highest BCUT2D eigenvalue weighted by molar-refractivity contribution is 6.00. The average Bonchev–Trinajstić information content (AvgIpc) is 3.69. The molecule has 34 heavy (non-hydrogen) atoms. The van der Waals surface area contributed by atoms with E-state index >= 15 is 0 Å². The van der Waals surface area contributed by atoms with Crippen LogP contribution in [0.5, 0.6) is 0 Å². The summed E-state index contributed by atoms with van der Waals surface area (Å²) in [7, 11) is 1.73. The number of aliphatic hydroxyl groups excluding tert-OH is 1. The van der Waals surface area contributed by atoms with Crippen LogP contribution in [0.4, 0.5) is 0 Å². The number of hydrogen-bond donors (Lipinski definition) is 2. The molecule has 2 aliphatic carbocycles. The van der Waals surface area contributed by atoms with Crippen molar-refractivity contribution in [2.45, 2.75) is 69.1 Å². The topological polar surface area (TPSA) is 77.3 Å². The number of amidine groups is 1. The Morgan fingerprint density at radius 3 is 2.56 bits per heavy atom. The van der Waals surface area contributed by atoms with Crippen molar-refractivity contribution in [1.29, 1.82) is 5.41 Å². The van der Waals surface area contributed by atoms with Crippen molar-refractivity contribution in [3.05, 3.63) is 82.9 Å². The minimum atomic E-state index is -0.518. The molecule has 176 valence electrons. The van der Waals surface area contributed by atoms with Gasteiger partial charge in [-0.1, -0.05) is 31.2 Å². The van der Waals surface area contributed by atoms with Crippen LogP contribution in [-0.2, 0) is 10.2 Å². The van der Waals surface area contributed by atoms with E-state index in [0.717, 1.165) is 48.1 Å². The van der Waals surface area contributed by atoms with Crippen LogP contribution in [0.25, 0.3) is 5.57 Å². The summed E-state index contributed by atoms with van der Waals surface area (Å²) in [6.45, 7) is 2.16. The average molecular weight is 456 g/mol. The van der Waals surface area contributed by atoms with Crippen LogP contribution in [-0.4, -0.2) is 33.8 Å². The van der Waals surface area contributed by atoms with Crippen LogP contribution < -0.4 is 0 Å². The number of benzene rings is 1. The standard InChI is InChI=1S/C29H33N3O2/c1-29(25-18-23(14-16-31-25)22-5-3-6-24(33)17-22)15-4-7-26(30)32(2)28(34)27(29)21-12-10-20(11-13-21)19-8-9-19/h6,10-14,16-19,27,30,33H,3-5,7-9,15H2,1-2H3/t27-,29+/m0/s1. The number of carbonyl (C=O) groups is 1. The monoisotopic (exact) mass is 455 g/mol. The number of likely N-dealkylation sites (tertiary alicyclic amines) is 1. The zero-order valence-corrected chi connectivity index (χ0v) is 20.1. The first-order valence-corrected chi connectivity index (χ1v) is 12.4. The number of rotatable bonds is 4. The molecule has 5 rings (SSSR count). The normalized spacial score (nSPS) is 25.9. The van der Waals surface area contributed by atoms with Gasteiger partial charge in [0.2, 0.25) is 5.91 Å². The third-order valence-electron chi connectivity index (χ3n) is 7.85. The predicted molar refractivity (Wildman–Crippen MR) is 135 cm³/mol. The Morgan fingerprint density at radius 1 is 1.12 bits per heavy atom. The van der Waals surface area contributed by atoms with E-state index in [9.17, 15) is 9.90 Å². The van der Waals surface area contributed by atoms with Gasteiger partial charge in [-0.3, -0.25) is 15.2 Å². The van der Waals surface area contributed by atoms with Crippen LogP contribution in [0.15, 0.2) is 60.5 Å². The molecule has 3 aliphatic rings. The molecular formula is C29H33N3O2. The minimum Gasteiger partial charge on any atom is -0.508 e. The van der Waals surface area contributed by atoms with E-state index < -0.39 is 11.3 Å². The molecule has 2 aromatic rings. The van der Waals surface area contributed by atoms with Crippen molar-refractivity contribution < 1.29 is 9.90 Å². The third-order valence-corrected chi connectivity index (χ3v) is 7.85. The third kappa shape index (κ3) is 4.20. The van der Waals surface area contributed by atoms with Gasteiger partial charge >= 0.3 is 0 Å². The van der Waals surface area contributed by atoms with Crippen LogP contribution in [0.1, 0.15) is 86.1 Å². The molecule has 5 heteroatoms. The number of nitrogens with zero attached hydrogens (tertiary/aromatic N) is 2. The first-order valence-electron chi connectivity index (χ1n) is 12.4. The number of aliphatic hydroxyl groups is 1. The molecule has 0 radical (unpaired) electrons. The van der Waals surface area contributed by atoms with Gasteiger partial charge in [0.1, 0.15) is 11.6 Å². The summed E-state index contributed by atoms with van der Waals surface area (Å²) in [6.07, 6.45) is 11.8. The minimum absolute atomic E-state index is 0.0453. The van der Waals surface area contributed by atoms with Gasteiger partial charge in [-0.15, -0.1) is 0 Å². The molecule has 1 aliphatic heterocycles. The van der Waals surface area contributed by atoms with Crippen LogP contribution in [0.2, 0.25) is 0 Å². The smallest absolute Gasteiger partial charge is 0.236 e. The Balaban J connectivity index is 1.59. The quantitative estimate of drug-likeness (QED) is 0.573. The van der Waals surface area contributed by atoms with E-state index in [2.05, 4.69) is 37.3 Å². The lowest BCUT2D eigenvalue weighted by molar-refractivity contribution is -0.130. The second-order valence-electron chi connectivity index (χ2n) is 10.3. The van der Waals surface area contributed by atoms with E-state index in [4.69, 9.17) is 10.4 Å². The summed E-state index contributed by atoms with van der Waals surface area (Å²) >= 11 is 0. The molecule has 1 saturated heterocycles. The Kier molecular flexibility index (Phi) is 5.88. The fourth-order valence-electron chi connectivity index (χ4n) is 5.55. The summed E-state index contributed by atoms with van der Waals surface area (Å²) in [5.41, 5.74) is 4.85. The van der Waals surface area contributed by atoms with Gasteiger partial charge in [0.25, 0.3) is 0 Å². The molecule has 2 fully saturated rings. The van der Waals surface area contributed by atoms with E-state index in [1.54, 1.807) is 7.05 Å². The summed E-state index contributed by atoms with van der Waals surface area (Å²) in [4.78, 5) is 20.2. The summed E-state index contributed by atoms with van der Waals surface area (Å²) < 4.78 is 0. The van der Waals surface area contributed by atoms with Gasteiger partial charge in [0.15, 0.2) is 0 Å². The Hall–Kier alpha value is -3.21. The van der Waals surface area contributed by atoms with E-state index in [1.807, 2.05) is 24.4 Å². The first kappa shape index (κ1) is 22.6. The van der Waals surface area contributed by atoms with Gasteiger partial charge in [-0.2, -0.15) is 0 Å². The fourth-order valence-corrected chi connectivity index (χ4v) is 5.55. The molecule has 0 unspecified atom stereocenters. The van der Waals surface area contributed by atoms with Crippen molar-refractivity contribution in [2.75, 3.05) is 7.05 Å². The number of hydrogen-bond acceptors (Lipinski definition) is 4. The molecule has 1 aromatic carbocycles. The van der Waals surface area contributed by atoms with Crippen LogP contribution >= 0.6 is 0 Å². The van der Waals surface area contributed by atoms with Gasteiger partial charge in [0, 0.05) is 30.8 Å². The lowest BCUT2D eigenvalue weighted by atomic mass is 9.66. The molecule has 1 aromatic heterocycles. The SMILES string of the molecule is CN1C(=N)CCC[C@](C)(c2cc(C3=CC(O)=CCC3)ccn2)[C@@H](c2ccc(C3CC3)cc2)C1=O. The number of aromatic nitrogens is 1. The molecule has 0 bridgehead atoms. The lowest BCUT2D eigenvalue weighted by Crippen LogP contribution is -2.46. The molecule has 0 spiro atoms. The number of amides is 1. The summed E-state index contributed by atoms with van der Waals surface area (Å²) in [6, 6.07) is 12.7. The Morgan fingerprint density at radius 2 is 1.85 bits per heavy atom. The Labute approximate surface area is 201 Å². The lowest BCUT2D eigenvalue weighted by Gasteiger charge is -2.41. The number of allylic oxidation sites excluding steroid dienone is 3. The number of nitrogens with one attached hydrogen (secondary N) is 1. The molecule has 2 N–H and O–H groups in total. The fraction of sp³-hybridized carbons (Fsp3) is 0.414. The molecule has 1 amide bonds. The van der Waals surface area contributed by atoms with Gasteiger partial charge in [-0.05, 0) is 91.0 Å². The van der Waals surface area contributed by atoms with Gasteiger partial charge in [-0.25, -0.2) is 0 Å². The zero-order valence-electron chi connectivity index (χ0n) is 20.1. The van der Waals surface area contributed by atoms with Gasteiger partial charge < -0.3 is 10.0 Å². The van der Waals surface area contributed by atoms with E-state index in [0.29, 0.717) is 23.9 Å². The predicted octanol–water partition coefficient (Wildman–Crippen LogP) is 6.24. The second kappa shape index (κ2) is 8.86. The molecule has 2 heterocycles. The van der Waals surface area contributed by atoms with Crippen molar-refractivity contribution in [2.24, 2.45) is 0 Å².